The molecule has 0 bridgehead atoms. The fourth-order valence-electron chi connectivity index (χ4n) is 2.86. The molecule has 30 heavy (non-hydrogen) atoms. The number of anilines is 1. The molecule has 0 fully saturated rings. The molecule has 0 N–H and O–H groups in total. The van der Waals surface area contributed by atoms with E-state index in [2.05, 4.69) is 27.6 Å². The maximum absolute atomic E-state index is 12.9. The minimum Gasteiger partial charge on any atom is -0.378 e. The summed E-state index contributed by atoms with van der Waals surface area (Å²) in [5.74, 6) is 0.548. The van der Waals surface area contributed by atoms with Crippen molar-refractivity contribution in [1.82, 2.24) is 8.96 Å². The van der Waals surface area contributed by atoms with Gasteiger partial charge in [-0.15, -0.1) is 0 Å². The van der Waals surface area contributed by atoms with Crippen molar-refractivity contribution in [3.05, 3.63) is 87.8 Å². The Morgan fingerprint density at radius 3 is 2.50 bits per heavy atom. The second kappa shape index (κ2) is 9.07. The number of nitrogens with zero attached hydrogens (tertiary/aromatic N) is 3. The molecular weight excluding hydrogens is 513 g/mol. The largest absolute Gasteiger partial charge is 0.378 e. The van der Waals surface area contributed by atoms with E-state index in [1.807, 2.05) is 73.7 Å². The number of rotatable bonds is 7. The lowest BCUT2D eigenvalue weighted by atomic mass is 10.0. The van der Waals surface area contributed by atoms with E-state index in [1.165, 1.54) is 0 Å². The number of benzene rings is 2. The number of para-hydroxylation sites is 1. The standard InChI is InChI=1S/C22H18IN3O3S/c1-25(2)17-10-8-15(9-11-17)21(27)16-12-19-20(23)14-26(22(19)24-13-16)30-29-28-18-6-4-3-5-7-18/h3-14H,1-2H3. The van der Waals surface area contributed by atoms with E-state index in [-0.39, 0.29) is 5.78 Å². The van der Waals surface area contributed by atoms with Gasteiger partial charge in [-0.05, 0) is 65.1 Å². The van der Waals surface area contributed by atoms with Gasteiger partial charge in [0.1, 0.15) is 0 Å². The van der Waals surface area contributed by atoms with Crippen LogP contribution in [0.2, 0.25) is 0 Å². The van der Waals surface area contributed by atoms with Crippen LogP contribution in [-0.2, 0) is 4.33 Å². The monoisotopic (exact) mass is 531 g/mol. The predicted octanol–water partition coefficient (Wildman–Crippen LogP) is 5.36. The highest BCUT2D eigenvalue weighted by molar-refractivity contribution is 14.1. The molecule has 0 unspecified atom stereocenters. The Morgan fingerprint density at radius 1 is 1.07 bits per heavy atom. The normalized spacial score (nSPS) is 10.9. The van der Waals surface area contributed by atoms with E-state index in [0.717, 1.165) is 26.9 Å². The molecule has 0 aliphatic heterocycles. The molecule has 0 atom stereocenters. The van der Waals surface area contributed by atoms with Gasteiger partial charge >= 0.3 is 0 Å². The predicted molar refractivity (Wildman–Crippen MR) is 128 cm³/mol. The third-order valence-corrected chi connectivity index (χ3v) is 5.88. The first-order chi connectivity index (χ1) is 14.5. The fraction of sp³-hybridized carbons (Fsp3) is 0.0909. The van der Waals surface area contributed by atoms with Crippen molar-refractivity contribution < 1.29 is 14.0 Å². The minimum absolute atomic E-state index is 0.0606. The van der Waals surface area contributed by atoms with Crippen LogP contribution in [0.15, 0.2) is 73.1 Å². The zero-order valence-electron chi connectivity index (χ0n) is 16.3. The average molecular weight is 531 g/mol. The summed E-state index contributed by atoms with van der Waals surface area (Å²) in [6.07, 6.45) is 3.48. The van der Waals surface area contributed by atoms with E-state index in [9.17, 15) is 4.79 Å². The highest BCUT2D eigenvalue weighted by Gasteiger charge is 2.15. The van der Waals surface area contributed by atoms with Gasteiger partial charge in [0.25, 0.3) is 0 Å². The van der Waals surface area contributed by atoms with Crippen molar-refractivity contribution in [3.63, 3.8) is 0 Å². The highest BCUT2D eigenvalue weighted by Crippen LogP contribution is 2.27. The highest BCUT2D eigenvalue weighted by atomic mass is 127. The molecule has 2 aromatic carbocycles. The van der Waals surface area contributed by atoms with Gasteiger partial charge in [-0.1, -0.05) is 22.5 Å². The van der Waals surface area contributed by atoms with E-state index in [1.54, 1.807) is 22.3 Å². The van der Waals surface area contributed by atoms with Gasteiger partial charge in [-0.2, -0.15) is 0 Å². The smallest absolute Gasteiger partial charge is 0.194 e. The zero-order valence-corrected chi connectivity index (χ0v) is 19.3. The fourth-order valence-corrected chi connectivity index (χ4v) is 4.27. The van der Waals surface area contributed by atoms with Crippen molar-refractivity contribution in [3.8, 4) is 5.75 Å². The summed E-state index contributed by atoms with van der Waals surface area (Å²) in [5.41, 5.74) is 2.91. The molecule has 0 spiro atoms. The summed E-state index contributed by atoms with van der Waals surface area (Å²) in [5, 5.41) is 0.877. The van der Waals surface area contributed by atoms with Crippen LogP contribution in [0.4, 0.5) is 5.69 Å². The maximum atomic E-state index is 12.9. The molecule has 4 rings (SSSR count). The molecule has 0 radical (unpaired) electrons. The van der Waals surface area contributed by atoms with E-state index < -0.39 is 0 Å². The van der Waals surface area contributed by atoms with Gasteiger partial charge in [0.2, 0.25) is 0 Å². The van der Waals surface area contributed by atoms with Gasteiger partial charge in [-0.3, -0.25) is 4.79 Å². The number of ketones is 1. The van der Waals surface area contributed by atoms with E-state index in [0.29, 0.717) is 22.5 Å². The third-order valence-electron chi connectivity index (χ3n) is 4.46. The molecule has 2 heterocycles. The van der Waals surface area contributed by atoms with Crippen molar-refractivity contribution in [1.29, 1.82) is 0 Å². The van der Waals surface area contributed by atoms with Crippen molar-refractivity contribution in [2.24, 2.45) is 0 Å². The summed E-state index contributed by atoms with van der Waals surface area (Å²) >= 11 is 3.24. The molecule has 0 amide bonds. The minimum atomic E-state index is -0.0606. The Morgan fingerprint density at radius 2 is 1.80 bits per heavy atom. The number of fused-ring (bicyclic) bond motifs is 1. The molecule has 2 aromatic heterocycles. The second-order valence-electron chi connectivity index (χ2n) is 6.71. The maximum Gasteiger partial charge on any atom is 0.194 e. The number of halogens is 1. The number of hydrogen-bond donors (Lipinski definition) is 0. The number of aromatic nitrogens is 2. The Labute approximate surface area is 192 Å². The van der Waals surface area contributed by atoms with Crippen molar-refractivity contribution >= 4 is 57.3 Å². The quantitative estimate of drug-likeness (QED) is 0.105. The van der Waals surface area contributed by atoms with Crippen LogP contribution >= 0.6 is 34.8 Å². The Hall–Kier alpha value is -2.56. The van der Waals surface area contributed by atoms with E-state index in [4.69, 9.17) is 9.22 Å². The Bertz CT molecular complexity index is 1180. The first kappa shape index (κ1) is 20.7. The zero-order chi connectivity index (χ0) is 21.1. The number of carbonyl (C=O) groups is 1. The van der Waals surface area contributed by atoms with Crippen LogP contribution in [0.1, 0.15) is 15.9 Å². The molecule has 152 valence electrons. The molecule has 0 saturated carbocycles. The van der Waals surface area contributed by atoms with Gasteiger partial charge in [0.05, 0.1) is 0 Å². The molecule has 0 aliphatic rings. The molecule has 6 nitrogen and oxygen atoms in total. The van der Waals surface area contributed by atoms with Crippen LogP contribution in [0.5, 0.6) is 5.75 Å². The average Bonchev–Trinajstić information content (AvgIpc) is 3.09. The van der Waals surface area contributed by atoms with Crippen LogP contribution in [0.25, 0.3) is 11.0 Å². The van der Waals surface area contributed by atoms with Gasteiger partial charge in [0, 0.05) is 52.3 Å². The lowest BCUT2D eigenvalue weighted by Gasteiger charge is -2.12. The summed E-state index contributed by atoms with van der Waals surface area (Å²) in [6.45, 7) is 0. The summed E-state index contributed by atoms with van der Waals surface area (Å²) < 4.78 is 8.00. The first-order valence-electron chi connectivity index (χ1n) is 9.08. The van der Waals surface area contributed by atoms with Gasteiger partial charge in [0.15, 0.2) is 29.4 Å². The van der Waals surface area contributed by atoms with Gasteiger partial charge < -0.3 is 9.79 Å². The topological polar surface area (TPSA) is 56.6 Å². The van der Waals surface area contributed by atoms with Crippen LogP contribution < -0.4 is 9.79 Å². The first-order valence-corrected chi connectivity index (χ1v) is 10.9. The van der Waals surface area contributed by atoms with Crippen molar-refractivity contribution in [2.75, 3.05) is 19.0 Å². The third kappa shape index (κ3) is 4.45. The summed E-state index contributed by atoms with van der Waals surface area (Å²) in [6, 6.07) is 18.6. The van der Waals surface area contributed by atoms with Gasteiger partial charge in [-0.25, -0.2) is 8.96 Å². The molecular formula is C22H18IN3O3S. The lowest BCUT2D eigenvalue weighted by Crippen LogP contribution is -2.09. The Kier molecular flexibility index (Phi) is 6.26. The summed E-state index contributed by atoms with van der Waals surface area (Å²) in [7, 11) is 3.93. The number of hydrogen-bond acceptors (Lipinski definition) is 6. The number of pyridine rings is 1. The van der Waals surface area contributed by atoms with E-state index >= 15 is 0 Å². The number of carbonyl (C=O) groups excluding carboxylic acids is 1. The second-order valence-corrected chi connectivity index (χ2v) is 8.55. The molecule has 4 aromatic rings. The van der Waals surface area contributed by atoms with Crippen LogP contribution in [0.3, 0.4) is 0 Å². The molecule has 0 aliphatic carbocycles. The molecule has 0 saturated heterocycles. The SMILES string of the molecule is CN(C)c1ccc(C(=O)c2cnc3c(c2)c(I)cn3SOOc2ccccc2)cc1. The van der Waals surface area contributed by atoms with Crippen molar-refractivity contribution in [2.45, 2.75) is 0 Å². The lowest BCUT2D eigenvalue weighted by molar-refractivity contribution is -0.0785. The summed E-state index contributed by atoms with van der Waals surface area (Å²) in [4.78, 5) is 24.7. The van der Waals surface area contributed by atoms with Crippen LogP contribution in [-0.4, -0.2) is 28.8 Å². The Balaban J connectivity index is 1.53. The molecule has 8 heteroatoms. The van der Waals surface area contributed by atoms with Crippen LogP contribution in [0, 0.1) is 3.57 Å².